The predicted molar refractivity (Wildman–Crippen MR) is 85.4 cm³/mol. The second kappa shape index (κ2) is 6.67. The summed E-state index contributed by atoms with van der Waals surface area (Å²) in [4.78, 5) is 11.9. The molecule has 25 heavy (non-hydrogen) atoms. The van der Waals surface area contributed by atoms with E-state index in [1.54, 1.807) is 12.1 Å². The molecule has 1 aliphatic heterocycles. The fourth-order valence-corrected chi connectivity index (χ4v) is 3.66. The minimum atomic E-state index is -4.43. The van der Waals surface area contributed by atoms with Gasteiger partial charge in [0.2, 0.25) is 0 Å². The number of benzene rings is 2. The van der Waals surface area contributed by atoms with Crippen molar-refractivity contribution >= 4 is 21.8 Å². The number of carbonyl (C=O) groups excluding carboxylic acids is 1. The van der Waals surface area contributed by atoms with Crippen LogP contribution in [-0.2, 0) is 21.3 Å². The number of rotatable bonds is 5. The first-order valence-corrected chi connectivity index (χ1v) is 8.82. The Morgan fingerprint density at radius 2 is 1.80 bits per heavy atom. The van der Waals surface area contributed by atoms with Gasteiger partial charge in [0.1, 0.15) is 18.2 Å². The van der Waals surface area contributed by atoms with Gasteiger partial charge in [-0.2, -0.15) is 0 Å². The van der Waals surface area contributed by atoms with Crippen LogP contribution in [0.4, 0.5) is 19.3 Å². The molecule has 1 aliphatic rings. The van der Waals surface area contributed by atoms with Crippen LogP contribution in [0.1, 0.15) is 5.56 Å². The number of anilines is 1. The molecular weight excluding hydrogens is 354 g/mol. The average Bonchev–Trinajstić information content (AvgIpc) is 2.92. The van der Waals surface area contributed by atoms with Crippen LogP contribution in [0.5, 0.6) is 0 Å². The molecule has 2 aromatic carbocycles. The Balaban J connectivity index is 1.83. The second-order valence-electron chi connectivity index (χ2n) is 5.39. The molecule has 2 aromatic rings. The van der Waals surface area contributed by atoms with Gasteiger partial charge < -0.3 is 9.64 Å². The third-order valence-electron chi connectivity index (χ3n) is 3.59. The third-order valence-corrected chi connectivity index (χ3v) is 5.02. The van der Waals surface area contributed by atoms with Crippen LogP contribution in [0.3, 0.4) is 0 Å². The number of carbonyl (C=O) groups is 1. The molecule has 1 saturated heterocycles. The molecular formula is C16H14F2N2O4S. The molecule has 6 nitrogen and oxygen atoms in total. The summed E-state index contributed by atoms with van der Waals surface area (Å²) in [6.07, 6.45) is -0.445. The lowest BCUT2D eigenvalue weighted by Gasteiger charge is -2.14. The molecule has 1 N–H and O–H groups in total. The first-order chi connectivity index (χ1) is 11.9. The fraction of sp³-hybridized carbons (Fsp3) is 0.188. The van der Waals surface area contributed by atoms with Crippen molar-refractivity contribution in [2.45, 2.75) is 11.4 Å². The van der Waals surface area contributed by atoms with Crippen LogP contribution < -0.4 is 4.72 Å². The molecule has 0 saturated carbocycles. The highest BCUT2D eigenvalue weighted by molar-refractivity contribution is 7.92. The van der Waals surface area contributed by atoms with E-state index in [1.165, 1.54) is 17.0 Å². The Hall–Kier alpha value is -2.68. The Morgan fingerprint density at radius 3 is 2.44 bits per heavy atom. The molecule has 1 fully saturated rings. The van der Waals surface area contributed by atoms with E-state index in [9.17, 15) is 22.0 Å². The average molecular weight is 368 g/mol. The van der Waals surface area contributed by atoms with E-state index in [4.69, 9.17) is 4.74 Å². The van der Waals surface area contributed by atoms with E-state index < -0.39 is 32.6 Å². The summed E-state index contributed by atoms with van der Waals surface area (Å²) in [5, 5.41) is 0. The Bertz CT molecular complexity index is 898. The molecule has 0 spiro atoms. The van der Waals surface area contributed by atoms with Gasteiger partial charge in [0.05, 0.1) is 6.54 Å². The zero-order valence-electron chi connectivity index (χ0n) is 12.9. The molecule has 9 heteroatoms. The quantitative estimate of drug-likeness (QED) is 0.881. The zero-order chi connectivity index (χ0) is 18.0. The first kappa shape index (κ1) is 17.2. The number of cyclic esters (lactones) is 1. The normalized spacial score (nSPS) is 14.5. The molecule has 0 aromatic heterocycles. The van der Waals surface area contributed by atoms with Crippen LogP contribution in [0, 0.1) is 11.6 Å². The second-order valence-corrected chi connectivity index (χ2v) is 7.01. The van der Waals surface area contributed by atoms with Crippen LogP contribution >= 0.6 is 0 Å². The first-order valence-electron chi connectivity index (χ1n) is 7.34. The van der Waals surface area contributed by atoms with E-state index in [1.807, 2.05) is 0 Å². The van der Waals surface area contributed by atoms with Gasteiger partial charge >= 0.3 is 6.09 Å². The number of sulfonamides is 1. The minimum Gasteiger partial charge on any atom is -0.448 e. The molecule has 0 radical (unpaired) electrons. The van der Waals surface area contributed by atoms with Gasteiger partial charge in [-0.25, -0.2) is 22.0 Å². The highest BCUT2D eigenvalue weighted by atomic mass is 32.2. The number of halogens is 2. The lowest BCUT2D eigenvalue weighted by molar-refractivity contribution is 0.157. The Morgan fingerprint density at radius 1 is 1.12 bits per heavy atom. The predicted octanol–water partition coefficient (Wildman–Crippen LogP) is 2.72. The van der Waals surface area contributed by atoms with Gasteiger partial charge in [0.15, 0.2) is 4.90 Å². The molecule has 132 valence electrons. The SMILES string of the molecule is O=C1OCCN1Cc1cccc(NS(=O)(=O)c2c(F)cccc2F)c1. The van der Waals surface area contributed by atoms with Crippen molar-refractivity contribution in [3.05, 3.63) is 59.7 Å². The van der Waals surface area contributed by atoms with Gasteiger partial charge in [-0.1, -0.05) is 18.2 Å². The molecule has 1 amide bonds. The van der Waals surface area contributed by atoms with Crippen LogP contribution in [0.15, 0.2) is 47.4 Å². The molecule has 0 aliphatic carbocycles. The summed E-state index contributed by atoms with van der Waals surface area (Å²) in [6.45, 7) is 0.982. The summed E-state index contributed by atoms with van der Waals surface area (Å²) in [5.74, 6) is -2.35. The van der Waals surface area contributed by atoms with Crippen molar-refractivity contribution in [2.75, 3.05) is 17.9 Å². The lowest BCUT2D eigenvalue weighted by Crippen LogP contribution is -2.23. The van der Waals surface area contributed by atoms with E-state index in [0.717, 1.165) is 18.2 Å². The lowest BCUT2D eigenvalue weighted by atomic mass is 10.2. The van der Waals surface area contributed by atoms with Crippen LogP contribution in [0.25, 0.3) is 0 Å². The molecule has 0 bridgehead atoms. The number of hydrogen-bond donors (Lipinski definition) is 1. The van der Waals surface area contributed by atoms with Gasteiger partial charge in [0.25, 0.3) is 10.0 Å². The van der Waals surface area contributed by atoms with E-state index in [0.29, 0.717) is 18.7 Å². The summed E-state index contributed by atoms with van der Waals surface area (Å²) < 4.78 is 59.0. The summed E-state index contributed by atoms with van der Waals surface area (Å²) in [6, 6.07) is 9.03. The van der Waals surface area contributed by atoms with Crippen molar-refractivity contribution in [1.82, 2.24) is 4.90 Å². The maximum Gasteiger partial charge on any atom is 0.410 e. The summed E-state index contributed by atoms with van der Waals surface area (Å²) in [7, 11) is -4.43. The number of nitrogens with zero attached hydrogens (tertiary/aromatic N) is 1. The molecule has 0 unspecified atom stereocenters. The minimum absolute atomic E-state index is 0.132. The fourth-order valence-electron chi connectivity index (χ4n) is 2.47. The van der Waals surface area contributed by atoms with E-state index in [2.05, 4.69) is 4.72 Å². The van der Waals surface area contributed by atoms with Crippen molar-refractivity contribution in [2.24, 2.45) is 0 Å². The van der Waals surface area contributed by atoms with Crippen molar-refractivity contribution in [3.63, 3.8) is 0 Å². The van der Waals surface area contributed by atoms with Gasteiger partial charge in [-0.15, -0.1) is 0 Å². The third kappa shape index (κ3) is 3.71. The number of amides is 1. The van der Waals surface area contributed by atoms with E-state index in [-0.39, 0.29) is 12.2 Å². The van der Waals surface area contributed by atoms with Crippen molar-refractivity contribution < 1.29 is 26.7 Å². The van der Waals surface area contributed by atoms with Gasteiger partial charge in [-0.3, -0.25) is 4.72 Å². The number of ether oxygens (including phenoxy) is 1. The van der Waals surface area contributed by atoms with Crippen molar-refractivity contribution in [3.8, 4) is 0 Å². The maximum atomic E-state index is 13.7. The van der Waals surface area contributed by atoms with Gasteiger partial charge in [-0.05, 0) is 29.8 Å². The van der Waals surface area contributed by atoms with Gasteiger partial charge in [0, 0.05) is 12.2 Å². The highest BCUT2D eigenvalue weighted by Gasteiger charge is 2.25. The zero-order valence-corrected chi connectivity index (χ0v) is 13.7. The van der Waals surface area contributed by atoms with Crippen LogP contribution in [-0.4, -0.2) is 32.6 Å². The largest absolute Gasteiger partial charge is 0.448 e. The van der Waals surface area contributed by atoms with Crippen molar-refractivity contribution in [1.29, 1.82) is 0 Å². The standard InChI is InChI=1S/C16H14F2N2O4S/c17-13-5-2-6-14(18)15(13)25(22,23)19-12-4-1-3-11(9-12)10-20-7-8-24-16(20)21/h1-6,9,19H,7-8,10H2. The highest BCUT2D eigenvalue weighted by Crippen LogP contribution is 2.23. The maximum absolute atomic E-state index is 13.7. The van der Waals surface area contributed by atoms with E-state index >= 15 is 0 Å². The van der Waals surface area contributed by atoms with Crippen LogP contribution in [0.2, 0.25) is 0 Å². The number of hydrogen-bond acceptors (Lipinski definition) is 4. The number of nitrogens with one attached hydrogen (secondary N) is 1. The Labute approximate surface area is 143 Å². The molecule has 0 atom stereocenters. The monoisotopic (exact) mass is 368 g/mol. The topological polar surface area (TPSA) is 75.7 Å². The smallest absolute Gasteiger partial charge is 0.410 e. The molecule has 3 rings (SSSR count). The Kier molecular flexibility index (Phi) is 4.58. The summed E-state index contributed by atoms with van der Waals surface area (Å²) >= 11 is 0. The summed E-state index contributed by atoms with van der Waals surface area (Å²) in [5.41, 5.74) is 0.778. The molecule has 1 heterocycles.